The number of nitrogens with one attached hydrogen (secondary N) is 1. The molecule has 0 aromatic carbocycles. The molecule has 0 bridgehead atoms. The molecule has 0 aliphatic heterocycles. The van der Waals surface area contributed by atoms with Crippen LogP contribution in [0.4, 0.5) is 0 Å². The maximum atomic E-state index is 9.70. The molecule has 0 aromatic rings. The van der Waals surface area contributed by atoms with Gasteiger partial charge in [-0.05, 0) is 25.8 Å². The van der Waals surface area contributed by atoms with Crippen LogP contribution in [-0.2, 0) is 9.53 Å². The highest BCUT2D eigenvalue weighted by Gasteiger charge is 1.88. The molecule has 72 valence electrons. The highest BCUT2D eigenvalue weighted by Crippen LogP contribution is 1.91. The van der Waals surface area contributed by atoms with E-state index >= 15 is 0 Å². The maximum Gasteiger partial charge on any atom is 0.293 e. The van der Waals surface area contributed by atoms with Gasteiger partial charge in [-0.25, -0.2) is 0 Å². The van der Waals surface area contributed by atoms with Crippen LogP contribution in [0, 0.1) is 0 Å². The summed E-state index contributed by atoms with van der Waals surface area (Å²) < 4.78 is 4.48. The normalized spacial score (nSPS) is 9.75. The second-order valence-corrected chi connectivity index (χ2v) is 2.50. The van der Waals surface area contributed by atoms with Crippen LogP contribution in [0.3, 0.4) is 0 Å². The lowest BCUT2D eigenvalue weighted by atomic mass is 10.2. The topological polar surface area (TPSA) is 58.6 Å². The van der Waals surface area contributed by atoms with Crippen molar-refractivity contribution in [1.82, 2.24) is 5.32 Å². The van der Waals surface area contributed by atoms with Gasteiger partial charge in [-0.1, -0.05) is 0 Å². The molecule has 0 aliphatic rings. The molecule has 0 rings (SSSR count). The van der Waals surface area contributed by atoms with Crippen LogP contribution in [-0.4, -0.2) is 37.9 Å². The fourth-order valence-electron chi connectivity index (χ4n) is 0.843. The molecule has 0 heterocycles. The first-order valence-corrected chi connectivity index (χ1v) is 4.28. The molecule has 0 atom stereocenters. The third-order valence-corrected chi connectivity index (χ3v) is 1.48. The van der Waals surface area contributed by atoms with Crippen LogP contribution < -0.4 is 5.32 Å². The van der Waals surface area contributed by atoms with Gasteiger partial charge in [-0.2, -0.15) is 0 Å². The van der Waals surface area contributed by atoms with E-state index in [-0.39, 0.29) is 6.61 Å². The van der Waals surface area contributed by atoms with Crippen molar-refractivity contribution in [3.05, 3.63) is 0 Å². The van der Waals surface area contributed by atoms with E-state index in [4.69, 9.17) is 5.11 Å². The van der Waals surface area contributed by atoms with Gasteiger partial charge in [0.2, 0.25) is 0 Å². The van der Waals surface area contributed by atoms with Crippen LogP contribution in [0.25, 0.3) is 0 Å². The molecule has 12 heavy (non-hydrogen) atoms. The van der Waals surface area contributed by atoms with Crippen LogP contribution in [0.2, 0.25) is 0 Å². The molecule has 0 saturated heterocycles. The Balaban J connectivity index is 2.77. The van der Waals surface area contributed by atoms with Gasteiger partial charge in [0, 0.05) is 13.2 Å². The Hall–Kier alpha value is -0.610. The number of carbonyl (C=O) groups excluding carboxylic acids is 1. The van der Waals surface area contributed by atoms with Crippen LogP contribution in [0.15, 0.2) is 0 Å². The van der Waals surface area contributed by atoms with Gasteiger partial charge < -0.3 is 15.2 Å². The van der Waals surface area contributed by atoms with E-state index in [9.17, 15) is 4.79 Å². The monoisotopic (exact) mass is 175 g/mol. The number of aliphatic hydroxyl groups is 1. The number of carbonyl (C=O) groups is 1. The van der Waals surface area contributed by atoms with Gasteiger partial charge in [0.25, 0.3) is 6.47 Å². The zero-order valence-electron chi connectivity index (χ0n) is 7.29. The Labute approximate surface area is 72.9 Å². The lowest BCUT2D eigenvalue weighted by Crippen LogP contribution is -2.20. The summed E-state index contributed by atoms with van der Waals surface area (Å²) >= 11 is 0. The van der Waals surface area contributed by atoms with Crippen molar-refractivity contribution in [2.24, 2.45) is 0 Å². The second-order valence-electron chi connectivity index (χ2n) is 2.50. The van der Waals surface area contributed by atoms with Crippen molar-refractivity contribution in [3.8, 4) is 0 Å². The first kappa shape index (κ1) is 11.4. The molecule has 0 radical (unpaired) electrons. The third kappa shape index (κ3) is 9.39. The fraction of sp³-hybridized carbons (Fsp3) is 0.875. The predicted molar refractivity (Wildman–Crippen MR) is 45.8 cm³/mol. The smallest absolute Gasteiger partial charge is 0.293 e. The van der Waals surface area contributed by atoms with Crippen molar-refractivity contribution >= 4 is 6.47 Å². The quantitative estimate of drug-likeness (QED) is 0.380. The minimum absolute atomic E-state index is 0.272. The SMILES string of the molecule is O=COCCNCCCCCO. The minimum atomic E-state index is 0.272. The zero-order chi connectivity index (χ0) is 9.07. The molecular formula is C8H17NO3. The molecule has 0 saturated carbocycles. The summed E-state index contributed by atoms with van der Waals surface area (Å²) in [6.07, 6.45) is 2.96. The summed E-state index contributed by atoms with van der Waals surface area (Å²) in [5.41, 5.74) is 0. The highest BCUT2D eigenvalue weighted by molar-refractivity contribution is 5.36. The van der Waals surface area contributed by atoms with Crippen LogP contribution >= 0.6 is 0 Å². The highest BCUT2D eigenvalue weighted by atomic mass is 16.5. The van der Waals surface area contributed by atoms with Gasteiger partial charge in [-0.3, -0.25) is 4.79 Å². The van der Waals surface area contributed by atoms with Crippen molar-refractivity contribution in [2.45, 2.75) is 19.3 Å². The van der Waals surface area contributed by atoms with Crippen molar-refractivity contribution in [3.63, 3.8) is 0 Å². The van der Waals surface area contributed by atoms with Crippen molar-refractivity contribution < 1.29 is 14.6 Å². The minimum Gasteiger partial charge on any atom is -0.467 e. The van der Waals surface area contributed by atoms with E-state index in [0.717, 1.165) is 25.8 Å². The Morgan fingerprint density at radius 2 is 2.08 bits per heavy atom. The molecule has 4 nitrogen and oxygen atoms in total. The van der Waals surface area contributed by atoms with Crippen LogP contribution in [0.5, 0.6) is 0 Å². The molecule has 0 spiro atoms. The molecule has 0 fully saturated rings. The largest absolute Gasteiger partial charge is 0.467 e. The lowest BCUT2D eigenvalue weighted by Gasteiger charge is -2.02. The lowest BCUT2D eigenvalue weighted by molar-refractivity contribution is -0.128. The first-order valence-electron chi connectivity index (χ1n) is 4.28. The molecule has 4 heteroatoms. The second kappa shape index (κ2) is 10.4. The van der Waals surface area contributed by atoms with E-state index in [1.54, 1.807) is 0 Å². The van der Waals surface area contributed by atoms with Gasteiger partial charge in [0.05, 0.1) is 0 Å². The number of aliphatic hydroxyl groups excluding tert-OH is 1. The van der Waals surface area contributed by atoms with E-state index in [0.29, 0.717) is 19.6 Å². The molecule has 0 unspecified atom stereocenters. The molecular weight excluding hydrogens is 158 g/mol. The molecule has 2 N–H and O–H groups in total. The average molecular weight is 175 g/mol. The van der Waals surface area contributed by atoms with Crippen molar-refractivity contribution in [2.75, 3.05) is 26.3 Å². The summed E-state index contributed by atoms with van der Waals surface area (Å²) in [6, 6.07) is 0. The Morgan fingerprint density at radius 3 is 2.75 bits per heavy atom. The first-order chi connectivity index (χ1) is 5.91. The summed E-state index contributed by atoms with van der Waals surface area (Å²) in [7, 11) is 0. The summed E-state index contributed by atoms with van der Waals surface area (Å²) in [6.45, 7) is 2.78. The third-order valence-electron chi connectivity index (χ3n) is 1.48. The average Bonchev–Trinajstić information content (AvgIpc) is 2.10. The Morgan fingerprint density at radius 1 is 1.25 bits per heavy atom. The van der Waals surface area contributed by atoms with E-state index < -0.39 is 0 Å². The number of unbranched alkanes of at least 4 members (excludes halogenated alkanes) is 2. The standard InChI is InChI=1S/C8H17NO3/c10-6-3-1-2-4-9-5-7-12-8-11/h8-10H,1-7H2. The van der Waals surface area contributed by atoms with Crippen molar-refractivity contribution in [1.29, 1.82) is 0 Å². The van der Waals surface area contributed by atoms with Gasteiger partial charge in [-0.15, -0.1) is 0 Å². The molecule has 0 amide bonds. The van der Waals surface area contributed by atoms with E-state index in [1.807, 2.05) is 0 Å². The Kier molecular flexibility index (Phi) is 9.86. The van der Waals surface area contributed by atoms with Gasteiger partial charge in [0.1, 0.15) is 6.61 Å². The van der Waals surface area contributed by atoms with Crippen LogP contribution in [0.1, 0.15) is 19.3 Å². The predicted octanol–water partition coefficient (Wildman–Crippen LogP) is -0.0884. The summed E-state index contributed by atoms with van der Waals surface area (Å²) in [5.74, 6) is 0. The fourth-order valence-corrected chi connectivity index (χ4v) is 0.843. The number of hydrogen-bond acceptors (Lipinski definition) is 4. The molecule has 0 aliphatic carbocycles. The van der Waals surface area contributed by atoms with E-state index in [1.165, 1.54) is 0 Å². The number of hydrogen-bond donors (Lipinski definition) is 2. The van der Waals surface area contributed by atoms with E-state index in [2.05, 4.69) is 10.1 Å². The summed E-state index contributed by atoms with van der Waals surface area (Å²) in [4.78, 5) is 9.70. The molecule has 0 aromatic heterocycles. The van der Waals surface area contributed by atoms with Gasteiger partial charge in [0.15, 0.2) is 0 Å². The number of ether oxygens (including phenoxy) is 1. The summed E-state index contributed by atoms with van der Waals surface area (Å²) in [5, 5.41) is 11.6. The Bertz CT molecular complexity index is 98.3. The zero-order valence-corrected chi connectivity index (χ0v) is 7.29. The maximum absolute atomic E-state index is 9.70. The number of rotatable bonds is 9. The van der Waals surface area contributed by atoms with Gasteiger partial charge >= 0.3 is 0 Å².